The predicted octanol–water partition coefficient (Wildman–Crippen LogP) is 2.70. The summed E-state index contributed by atoms with van der Waals surface area (Å²) < 4.78 is 2.97. The topological polar surface area (TPSA) is 50.2 Å². The summed E-state index contributed by atoms with van der Waals surface area (Å²) in [5.41, 5.74) is 1.74. The molecule has 2 heterocycles. The van der Waals surface area contributed by atoms with Crippen molar-refractivity contribution in [1.82, 2.24) is 19.8 Å². The molecule has 1 aliphatic heterocycles. The molecule has 1 saturated heterocycles. The summed E-state index contributed by atoms with van der Waals surface area (Å²) >= 11 is 3.45. The molecule has 124 valence electrons. The average Bonchev–Trinajstić information content (AvgIpc) is 2.93. The molecule has 2 aromatic rings. The van der Waals surface area contributed by atoms with Crippen LogP contribution in [0.15, 0.2) is 35.1 Å². The molecule has 7 heteroatoms. The lowest BCUT2D eigenvalue weighted by Gasteiger charge is -2.36. The highest BCUT2D eigenvalue weighted by Crippen LogP contribution is 2.25. The van der Waals surface area contributed by atoms with Gasteiger partial charge in [0.2, 0.25) is 0 Å². The molecule has 0 bridgehead atoms. The van der Waals surface area contributed by atoms with Crippen LogP contribution in [-0.2, 0) is 7.05 Å². The Morgan fingerprint density at radius 1 is 1.43 bits per heavy atom. The molecule has 1 aliphatic rings. The van der Waals surface area contributed by atoms with Crippen molar-refractivity contribution in [3.63, 3.8) is 0 Å². The first kappa shape index (κ1) is 18.0. The minimum atomic E-state index is -0.0377. The first-order valence-electron chi connectivity index (χ1n) is 7.33. The number of benzene rings is 1. The van der Waals surface area contributed by atoms with Gasteiger partial charge in [0.1, 0.15) is 11.9 Å². The van der Waals surface area contributed by atoms with Crippen molar-refractivity contribution in [3.05, 3.63) is 52.0 Å². The first-order valence-corrected chi connectivity index (χ1v) is 8.12. The molecular formula is C16H20BrClN4O. The Morgan fingerprint density at radius 3 is 2.87 bits per heavy atom. The van der Waals surface area contributed by atoms with Crippen LogP contribution in [0.4, 0.5) is 0 Å². The van der Waals surface area contributed by atoms with E-state index in [1.165, 1.54) is 0 Å². The van der Waals surface area contributed by atoms with Crippen LogP contribution >= 0.6 is 28.3 Å². The third-order valence-electron chi connectivity index (χ3n) is 4.08. The van der Waals surface area contributed by atoms with E-state index in [2.05, 4.69) is 26.2 Å². The van der Waals surface area contributed by atoms with E-state index < -0.39 is 0 Å². The van der Waals surface area contributed by atoms with E-state index in [4.69, 9.17) is 0 Å². The molecule has 1 aromatic heterocycles. The largest absolute Gasteiger partial charge is 0.336 e. The van der Waals surface area contributed by atoms with Crippen molar-refractivity contribution in [2.45, 2.75) is 13.0 Å². The highest BCUT2D eigenvalue weighted by Gasteiger charge is 2.31. The normalized spacial score (nSPS) is 17.7. The SMILES string of the molecule is Cc1cc(Br)ccc1C(=O)N1CCNCC1c1nccn1C.Cl. The summed E-state index contributed by atoms with van der Waals surface area (Å²) in [6.45, 7) is 4.19. The Labute approximate surface area is 150 Å². The maximum Gasteiger partial charge on any atom is 0.254 e. The van der Waals surface area contributed by atoms with Gasteiger partial charge in [-0.15, -0.1) is 12.4 Å². The van der Waals surface area contributed by atoms with Gasteiger partial charge in [-0.1, -0.05) is 15.9 Å². The number of piperazine rings is 1. The van der Waals surface area contributed by atoms with Crippen LogP contribution in [0, 0.1) is 6.92 Å². The fourth-order valence-electron chi connectivity index (χ4n) is 2.90. The Hall–Kier alpha value is -1.37. The minimum absolute atomic E-state index is 0. The molecule has 0 spiro atoms. The molecule has 3 rings (SSSR count). The molecule has 0 aliphatic carbocycles. The van der Waals surface area contributed by atoms with Crippen molar-refractivity contribution in [1.29, 1.82) is 0 Å². The van der Waals surface area contributed by atoms with E-state index in [1.807, 2.05) is 47.8 Å². The quantitative estimate of drug-likeness (QED) is 0.845. The summed E-state index contributed by atoms with van der Waals surface area (Å²) in [4.78, 5) is 19.3. The van der Waals surface area contributed by atoms with Gasteiger partial charge in [-0.2, -0.15) is 0 Å². The first-order chi connectivity index (χ1) is 10.6. The lowest BCUT2D eigenvalue weighted by Crippen LogP contribution is -2.49. The third-order valence-corrected chi connectivity index (χ3v) is 4.57. The Kier molecular flexibility index (Phi) is 5.84. The fraction of sp³-hybridized carbons (Fsp3) is 0.375. The molecule has 0 radical (unpaired) electrons. The van der Waals surface area contributed by atoms with Gasteiger partial charge in [0, 0.05) is 49.1 Å². The highest BCUT2D eigenvalue weighted by atomic mass is 79.9. The molecule has 1 N–H and O–H groups in total. The summed E-state index contributed by atoms with van der Waals surface area (Å²) in [6.07, 6.45) is 3.69. The van der Waals surface area contributed by atoms with Gasteiger partial charge in [-0.05, 0) is 30.7 Å². The van der Waals surface area contributed by atoms with Crippen LogP contribution in [0.1, 0.15) is 27.8 Å². The zero-order valence-electron chi connectivity index (χ0n) is 13.1. The summed E-state index contributed by atoms with van der Waals surface area (Å²) in [7, 11) is 1.96. The lowest BCUT2D eigenvalue weighted by atomic mass is 10.1. The summed E-state index contributed by atoms with van der Waals surface area (Å²) in [6, 6.07) is 5.74. The molecule has 1 atom stereocenters. The number of halogens is 2. The van der Waals surface area contributed by atoms with Crippen LogP contribution in [0.2, 0.25) is 0 Å². The summed E-state index contributed by atoms with van der Waals surface area (Å²) in [5, 5.41) is 3.36. The average molecular weight is 400 g/mol. The van der Waals surface area contributed by atoms with Gasteiger partial charge in [0.15, 0.2) is 0 Å². The molecule has 23 heavy (non-hydrogen) atoms. The van der Waals surface area contributed by atoms with Gasteiger partial charge in [-0.3, -0.25) is 4.79 Å². The highest BCUT2D eigenvalue weighted by molar-refractivity contribution is 9.10. The van der Waals surface area contributed by atoms with Gasteiger partial charge in [0.25, 0.3) is 5.91 Å². The van der Waals surface area contributed by atoms with Crippen LogP contribution in [0.25, 0.3) is 0 Å². The van der Waals surface area contributed by atoms with E-state index >= 15 is 0 Å². The van der Waals surface area contributed by atoms with E-state index in [0.717, 1.165) is 34.5 Å². The van der Waals surface area contributed by atoms with Gasteiger partial charge in [0.05, 0.1) is 0 Å². The predicted molar refractivity (Wildman–Crippen MR) is 96.0 cm³/mol. The molecule has 1 unspecified atom stereocenters. The smallest absolute Gasteiger partial charge is 0.254 e. The van der Waals surface area contributed by atoms with Gasteiger partial charge >= 0.3 is 0 Å². The van der Waals surface area contributed by atoms with Crippen molar-refractivity contribution in [2.24, 2.45) is 7.05 Å². The molecule has 1 fully saturated rings. The number of nitrogens with one attached hydrogen (secondary N) is 1. The number of rotatable bonds is 2. The molecule has 1 aromatic carbocycles. The lowest BCUT2D eigenvalue weighted by molar-refractivity contribution is 0.0620. The number of carbonyl (C=O) groups is 1. The van der Waals surface area contributed by atoms with Crippen LogP contribution in [0.5, 0.6) is 0 Å². The van der Waals surface area contributed by atoms with Gasteiger partial charge < -0.3 is 14.8 Å². The number of aromatic nitrogens is 2. The molecule has 0 saturated carbocycles. The number of carbonyl (C=O) groups excluding carboxylic acids is 1. The van der Waals surface area contributed by atoms with Crippen molar-refractivity contribution < 1.29 is 4.79 Å². The van der Waals surface area contributed by atoms with Crippen molar-refractivity contribution in [2.75, 3.05) is 19.6 Å². The van der Waals surface area contributed by atoms with Crippen LogP contribution < -0.4 is 5.32 Å². The Morgan fingerprint density at radius 2 is 2.22 bits per heavy atom. The maximum atomic E-state index is 13.0. The zero-order valence-corrected chi connectivity index (χ0v) is 15.5. The summed E-state index contributed by atoms with van der Waals surface area (Å²) in [5.74, 6) is 0.981. The standard InChI is InChI=1S/C16H19BrN4O.ClH/c1-11-9-12(17)3-4-13(11)16(22)21-8-5-18-10-14(21)15-19-6-7-20(15)2;/h3-4,6-7,9,14,18H,5,8,10H2,1-2H3;1H. The monoisotopic (exact) mass is 398 g/mol. The Balaban J connectivity index is 0.00000192. The third kappa shape index (κ3) is 3.59. The second-order valence-corrected chi connectivity index (χ2v) is 6.49. The van der Waals surface area contributed by atoms with Crippen LogP contribution in [-0.4, -0.2) is 40.0 Å². The van der Waals surface area contributed by atoms with Crippen molar-refractivity contribution >= 4 is 34.2 Å². The molecular weight excluding hydrogens is 380 g/mol. The van der Waals surface area contributed by atoms with E-state index in [0.29, 0.717) is 6.54 Å². The van der Waals surface area contributed by atoms with Crippen LogP contribution in [0.3, 0.4) is 0 Å². The van der Waals surface area contributed by atoms with E-state index in [1.54, 1.807) is 6.20 Å². The number of hydrogen-bond donors (Lipinski definition) is 1. The number of hydrogen-bond acceptors (Lipinski definition) is 3. The number of imidazole rings is 1. The Bertz CT molecular complexity index is 703. The fourth-order valence-corrected chi connectivity index (χ4v) is 3.37. The maximum absolute atomic E-state index is 13.0. The number of nitrogens with zero attached hydrogens (tertiary/aromatic N) is 3. The van der Waals surface area contributed by atoms with E-state index in [-0.39, 0.29) is 24.4 Å². The minimum Gasteiger partial charge on any atom is -0.336 e. The zero-order chi connectivity index (χ0) is 15.7. The number of amides is 1. The molecule has 1 amide bonds. The second kappa shape index (κ2) is 7.47. The second-order valence-electron chi connectivity index (χ2n) is 5.57. The van der Waals surface area contributed by atoms with Crippen molar-refractivity contribution in [3.8, 4) is 0 Å². The van der Waals surface area contributed by atoms with Gasteiger partial charge in [-0.25, -0.2) is 4.98 Å². The van der Waals surface area contributed by atoms with E-state index in [9.17, 15) is 4.79 Å². The number of aryl methyl sites for hydroxylation is 2. The molecule has 5 nitrogen and oxygen atoms in total.